The lowest BCUT2D eigenvalue weighted by Crippen LogP contribution is -2.61. The molecule has 1 aliphatic carbocycles. The molecule has 0 atom stereocenters. The molecular formula is C12H22N2O2. The van der Waals surface area contributed by atoms with E-state index in [0.29, 0.717) is 0 Å². The number of hydrogen-bond donors (Lipinski definition) is 1. The van der Waals surface area contributed by atoms with Gasteiger partial charge in [-0.2, -0.15) is 0 Å². The maximum Gasteiger partial charge on any atom is 0.324 e. The molecule has 1 saturated carbocycles. The number of hydrogen-bond acceptors (Lipinski definition) is 3. The number of carboxylic acid groups (broad SMARTS) is 1. The van der Waals surface area contributed by atoms with Crippen LogP contribution >= 0.6 is 0 Å². The molecule has 0 spiro atoms. The third kappa shape index (κ3) is 2.09. The van der Waals surface area contributed by atoms with Crippen molar-refractivity contribution in [2.45, 2.75) is 37.6 Å². The molecule has 1 heterocycles. The van der Waals surface area contributed by atoms with Gasteiger partial charge in [0.2, 0.25) is 0 Å². The lowest BCUT2D eigenvalue weighted by Gasteiger charge is -2.46. The summed E-state index contributed by atoms with van der Waals surface area (Å²) in [5.41, 5.74) is -0.542. The zero-order valence-electron chi connectivity index (χ0n) is 10.1. The van der Waals surface area contributed by atoms with Crippen LogP contribution in [0.3, 0.4) is 0 Å². The maximum absolute atomic E-state index is 11.6. The van der Waals surface area contributed by atoms with Crippen LogP contribution in [-0.2, 0) is 4.79 Å². The summed E-state index contributed by atoms with van der Waals surface area (Å²) in [7, 11) is 2.10. The predicted molar refractivity (Wildman–Crippen MR) is 62.5 cm³/mol. The van der Waals surface area contributed by atoms with Gasteiger partial charge < -0.3 is 10.0 Å². The van der Waals surface area contributed by atoms with Crippen LogP contribution in [0.2, 0.25) is 0 Å². The normalized spacial score (nSPS) is 27.8. The second-order valence-electron chi connectivity index (χ2n) is 5.19. The highest BCUT2D eigenvalue weighted by Gasteiger charge is 2.45. The average Bonchev–Trinajstić information content (AvgIpc) is 2.30. The lowest BCUT2D eigenvalue weighted by atomic mass is 9.80. The predicted octanol–water partition coefficient (Wildman–Crippen LogP) is 1.02. The van der Waals surface area contributed by atoms with Crippen LogP contribution < -0.4 is 0 Å². The molecule has 0 amide bonds. The Morgan fingerprint density at radius 3 is 2.12 bits per heavy atom. The second kappa shape index (κ2) is 4.72. The molecule has 0 unspecified atom stereocenters. The first-order valence-electron chi connectivity index (χ1n) is 6.32. The Bertz CT molecular complexity index is 254. The van der Waals surface area contributed by atoms with Crippen LogP contribution in [0.15, 0.2) is 0 Å². The number of rotatable bonds is 2. The molecule has 1 saturated heterocycles. The summed E-state index contributed by atoms with van der Waals surface area (Å²) in [6, 6.07) is 0. The SMILES string of the molecule is CN1CCN(C2(C(=O)O)CCCCC2)CC1. The van der Waals surface area contributed by atoms with Gasteiger partial charge in [0.1, 0.15) is 5.54 Å². The third-order valence-corrected chi connectivity index (χ3v) is 4.19. The Labute approximate surface area is 97.2 Å². The van der Waals surface area contributed by atoms with E-state index in [1.807, 2.05) is 0 Å². The highest BCUT2D eigenvalue weighted by molar-refractivity contribution is 5.79. The summed E-state index contributed by atoms with van der Waals surface area (Å²) >= 11 is 0. The van der Waals surface area contributed by atoms with Crippen LogP contribution in [0.5, 0.6) is 0 Å². The average molecular weight is 226 g/mol. The van der Waals surface area contributed by atoms with Crippen molar-refractivity contribution in [3.05, 3.63) is 0 Å². The van der Waals surface area contributed by atoms with Gasteiger partial charge in [0.15, 0.2) is 0 Å². The van der Waals surface area contributed by atoms with Gasteiger partial charge in [-0.3, -0.25) is 9.69 Å². The Kier molecular flexibility index (Phi) is 3.50. The molecule has 0 radical (unpaired) electrons. The van der Waals surface area contributed by atoms with Crippen LogP contribution in [0.4, 0.5) is 0 Å². The van der Waals surface area contributed by atoms with Gasteiger partial charge >= 0.3 is 5.97 Å². The molecule has 2 rings (SSSR count). The Morgan fingerprint density at radius 1 is 1.06 bits per heavy atom. The van der Waals surface area contributed by atoms with E-state index in [1.165, 1.54) is 6.42 Å². The minimum Gasteiger partial charge on any atom is -0.480 e. The molecule has 0 aromatic carbocycles. The number of likely N-dealkylation sites (N-methyl/N-ethyl adjacent to an activating group) is 1. The molecule has 1 aliphatic heterocycles. The van der Waals surface area contributed by atoms with E-state index in [9.17, 15) is 9.90 Å². The van der Waals surface area contributed by atoms with Crippen molar-refractivity contribution >= 4 is 5.97 Å². The van der Waals surface area contributed by atoms with Crippen molar-refractivity contribution in [2.24, 2.45) is 0 Å². The van der Waals surface area contributed by atoms with Gasteiger partial charge in [-0.15, -0.1) is 0 Å². The number of carboxylic acids is 1. The van der Waals surface area contributed by atoms with Crippen molar-refractivity contribution < 1.29 is 9.90 Å². The Morgan fingerprint density at radius 2 is 1.62 bits per heavy atom. The van der Waals surface area contributed by atoms with Gasteiger partial charge in [-0.05, 0) is 19.9 Å². The summed E-state index contributed by atoms with van der Waals surface area (Å²) in [5, 5.41) is 9.55. The Hall–Kier alpha value is -0.610. The molecule has 2 fully saturated rings. The zero-order chi connectivity index (χ0) is 11.6. The summed E-state index contributed by atoms with van der Waals surface area (Å²) in [6.07, 6.45) is 5.01. The Balaban J connectivity index is 2.09. The molecule has 0 bridgehead atoms. The molecule has 16 heavy (non-hydrogen) atoms. The van der Waals surface area contributed by atoms with E-state index in [4.69, 9.17) is 0 Å². The van der Waals surface area contributed by atoms with Crippen LogP contribution in [0.1, 0.15) is 32.1 Å². The van der Waals surface area contributed by atoms with E-state index < -0.39 is 11.5 Å². The van der Waals surface area contributed by atoms with Crippen LogP contribution in [-0.4, -0.2) is 59.6 Å². The first-order chi connectivity index (χ1) is 7.65. The maximum atomic E-state index is 11.6. The molecule has 4 heteroatoms. The quantitative estimate of drug-likeness (QED) is 0.763. The molecule has 4 nitrogen and oxygen atoms in total. The first kappa shape index (κ1) is 11.9. The van der Waals surface area contributed by atoms with Crippen molar-refractivity contribution in [1.29, 1.82) is 0 Å². The molecule has 1 N–H and O–H groups in total. The fourth-order valence-electron chi connectivity index (χ4n) is 3.04. The highest BCUT2D eigenvalue weighted by Crippen LogP contribution is 2.34. The monoisotopic (exact) mass is 226 g/mol. The minimum absolute atomic E-state index is 0.542. The zero-order valence-corrected chi connectivity index (χ0v) is 10.1. The van der Waals surface area contributed by atoms with Gasteiger partial charge in [0.05, 0.1) is 0 Å². The van der Waals surface area contributed by atoms with Crippen molar-refractivity contribution in [3.8, 4) is 0 Å². The smallest absolute Gasteiger partial charge is 0.324 e. The minimum atomic E-state index is -0.600. The number of carbonyl (C=O) groups is 1. The van der Waals surface area contributed by atoms with E-state index in [0.717, 1.165) is 51.9 Å². The summed E-state index contributed by atoms with van der Waals surface area (Å²) in [4.78, 5) is 16.1. The fourth-order valence-corrected chi connectivity index (χ4v) is 3.04. The van der Waals surface area contributed by atoms with Gasteiger partial charge in [0, 0.05) is 26.2 Å². The lowest BCUT2D eigenvalue weighted by molar-refractivity contribution is -0.155. The molecule has 92 valence electrons. The fraction of sp³-hybridized carbons (Fsp3) is 0.917. The largest absolute Gasteiger partial charge is 0.480 e. The molecule has 0 aromatic rings. The standard InChI is InChI=1S/C12H22N2O2/c1-13-7-9-14(10-8-13)12(11(15)16)5-3-2-4-6-12/h2-10H2,1H3,(H,15,16). The van der Waals surface area contributed by atoms with E-state index >= 15 is 0 Å². The van der Waals surface area contributed by atoms with Gasteiger partial charge in [-0.25, -0.2) is 0 Å². The van der Waals surface area contributed by atoms with E-state index in [2.05, 4.69) is 16.8 Å². The molecule has 2 aliphatic rings. The van der Waals surface area contributed by atoms with Crippen molar-refractivity contribution in [2.75, 3.05) is 33.2 Å². The summed E-state index contributed by atoms with van der Waals surface area (Å²) in [6.45, 7) is 3.80. The first-order valence-corrected chi connectivity index (χ1v) is 6.32. The van der Waals surface area contributed by atoms with Crippen molar-refractivity contribution in [1.82, 2.24) is 9.80 Å². The number of nitrogens with zero attached hydrogens (tertiary/aromatic N) is 2. The van der Waals surface area contributed by atoms with E-state index in [1.54, 1.807) is 0 Å². The van der Waals surface area contributed by atoms with E-state index in [-0.39, 0.29) is 0 Å². The highest BCUT2D eigenvalue weighted by atomic mass is 16.4. The number of aliphatic carboxylic acids is 1. The second-order valence-corrected chi connectivity index (χ2v) is 5.19. The van der Waals surface area contributed by atoms with Crippen molar-refractivity contribution in [3.63, 3.8) is 0 Å². The van der Waals surface area contributed by atoms with Crippen LogP contribution in [0, 0.1) is 0 Å². The van der Waals surface area contributed by atoms with Gasteiger partial charge in [-0.1, -0.05) is 19.3 Å². The van der Waals surface area contributed by atoms with Crippen LogP contribution in [0.25, 0.3) is 0 Å². The third-order valence-electron chi connectivity index (χ3n) is 4.19. The summed E-state index contributed by atoms with van der Waals surface area (Å²) < 4.78 is 0. The van der Waals surface area contributed by atoms with Gasteiger partial charge in [0.25, 0.3) is 0 Å². The molecule has 0 aromatic heterocycles. The topological polar surface area (TPSA) is 43.8 Å². The summed E-state index contributed by atoms with van der Waals surface area (Å²) in [5.74, 6) is -0.600. The molecular weight excluding hydrogens is 204 g/mol. The number of piperazine rings is 1.